The van der Waals surface area contributed by atoms with Crippen LogP contribution in [0.15, 0.2) is 30.3 Å². The smallest absolute Gasteiger partial charge is 0.208 e. The third-order valence-corrected chi connectivity index (χ3v) is 3.28. The van der Waals surface area contributed by atoms with Gasteiger partial charge in [-0.05, 0) is 5.56 Å². The molecule has 0 fully saturated rings. The molecular formula is C11H14N4S. The molecule has 0 saturated heterocycles. The molecule has 0 unspecified atom stereocenters. The first-order valence-electron chi connectivity index (χ1n) is 5.07. The highest BCUT2D eigenvalue weighted by atomic mass is 32.1. The molecule has 0 aliphatic heterocycles. The molecule has 2 aromatic rings. The lowest BCUT2D eigenvalue weighted by Gasteiger charge is -2.14. The maximum Gasteiger partial charge on any atom is 0.208 e. The van der Waals surface area contributed by atoms with Gasteiger partial charge in [-0.2, -0.15) is 0 Å². The number of nitrogens with two attached hydrogens (primary N) is 1. The van der Waals surface area contributed by atoms with Crippen LogP contribution in [0.2, 0.25) is 0 Å². The standard InChI is InChI=1S/C11H14N4S/c1-15(8-9-5-3-2-4-6-9)11-14-13-10(7-12)16-11/h2-6H,7-8,12H2,1H3. The van der Waals surface area contributed by atoms with Crippen LogP contribution in [0.4, 0.5) is 5.13 Å². The molecule has 1 aromatic heterocycles. The van der Waals surface area contributed by atoms with Crippen molar-refractivity contribution in [2.24, 2.45) is 5.73 Å². The molecule has 0 amide bonds. The van der Waals surface area contributed by atoms with Crippen LogP contribution in [-0.4, -0.2) is 17.2 Å². The summed E-state index contributed by atoms with van der Waals surface area (Å²) in [5, 5.41) is 9.87. The topological polar surface area (TPSA) is 55.0 Å². The fraction of sp³-hybridized carbons (Fsp3) is 0.273. The summed E-state index contributed by atoms with van der Waals surface area (Å²) in [4.78, 5) is 2.08. The van der Waals surface area contributed by atoms with Gasteiger partial charge in [-0.15, -0.1) is 10.2 Å². The third-order valence-electron chi connectivity index (χ3n) is 2.22. The van der Waals surface area contributed by atoms with Crippen LogP contribution in [0.25, 0.3) is 0 Å². The highest BCUT2D eigenvalue weighted by molar-refractivity contribution is 7.15. The van der Waals surface area contributed by atoms with Gasteiger partial charge in [0.2, 0.25) is 5.13 Å². The zero-order chi connectivity index (χ0) is 11.4. The van der Waals surface area contributed by atoms with Crippen molar-refractivity contribution in [1.82, 2.24) is 10.2 Å². The van der Waals surface area contributed by atoms with Crippen LogP contribution in [0.5, 0.6) is 0 Å². The van der Waals surface area contributed by atoms with E-state index < -0.39 is 0 Å². The predicted octanol–water partition coefficient (Wildman–Crippen LogP) is 1.63. The lowest BCUT2D eigenvalue weighted by Crippen LogP contribution is -2.15. The molecule has 0 radical (unpaired) electrons. The molecule has 0 aliphatic carbocycles. The van der Waals surface area contributed by atoms with Crippen LogP contribution < -0.4 is 10.6 Å². The second-order valence-corrected chi connectivity index (χ2v) is 4.56. The minimum absolute atomic E-state index is 0.455. The van der Waals surface area contributed by atoms with E-state index in [-0.39, 0.29) is 0 Å². The number of nitrogens with zero attached hydrogens (tertiary/aromatic N) is 3. The maximum atomic E-state index is 5.51. The zero-order valence-corrected chi connectivity index (χ0v) is 9.94. The van der Waals surface area contributed by atoms with E-state index in [2.05, 4.69) is 27.2 Å². The van der Waals surface area contributed by atoms with Gasteiger partial charge in [-0.25, -0.2) is 0 Å². The second-order valence-electron chi connectivity index (χ2n) is 3.52. The average molecular weight is 234 g/mol. The van der Waals surface area contributed by atoms with Gasteiger partial charge < -0.3 is 10.6 Å². The summed E-state index contributed by atoms with van der Waals surface area (Å²) < 4.78 is 0. The van der Waals surface area contributed by atoms with Crippen molar-refractivity contribution < 1.29 is 0 Å². The number of hydrogen-bond acceptors (Lipinski definition) is 5. The lowest BCUT2D eigenvalue weighted by atomic mass is 10.2. The van der Waals surface area contributed by atoms with Gasteiger partial charge in [0.15, 0.2) is 0 Å². The Morgan fingerprint density at radius 3 is 2.62 bits per heavy atom. The number of hydrogen-bond donors (Lipinski definition) is 1. The molecule has 1 aromatic carbocycles. The van der Waals surface area contributed by atoms with Gasteiger partial charge in [0.25, 0.3) is 0 Å². The molecule has 5 heteroatoms. The van der Waals surface area contributed by atoms with Crippen LogP contribution >= 0.6 is 11.3 Å². The quantitative estimate of drug-likeness (QED) is 0.873. The molecule has 1 heterocycles. The molecule has 0 saturated carbocycles. The van der Waals surface area contributed by atoms with Gasteiger partial charge in [0.05, 0.1) is 0 Å². The summed E-state index contributed by atoms with van der Waals surface area (Å²) in [6.45, 7) is 1.29. The number of rotatable bonds is 4. The predicted molar refractivity (Wildman–Crippen MR) is 66.3 cm³/mol. The molecule has 0 aliphatic rings. The van der Waals surface area contributed by atoms with Crippen LogP contribution in [-0.2, 0) is 13.1 Å². The Hall–Kier alpha value is -1.46. The number of aromatic nitrogens is 2. The highest BCUT2D eigenvalue weighted by Gasteiger charge is 2.07. The van der Waals surface area contributed by atoms with Gasteiger partial charge in [-0.1, -0.05) is 41.7 Å². The molecule has 0 atom stereocenters. The first-order chi connectivity index (χ1) is 7.79. The van der Waals surface area contributed by atoms with Crippen molar-refractivity contribution >= 4 is 16.5 Å². The van der Waals surface area contributed by atoms with Crippen LogP contribution in [0.3, 0.4) is 0 Å². The minimum atomic E-state index is 0.455. The zero-order valence-electron chi connectivity index (χ0n) is 9.13. The Kier molecular flexibility index (Phi) is 3.48. The summed E-state index contributed by atoms with van der Waals surface area (Å²) in [6, 6.07) is 10.3. The van der Waals surface area contributed by atoms with Crippen LogP contribution in [0, 0.1) is 0 Å². The van der Waals surface area contributed by atoms with Gasteiger partial charge >= 0.3 is 0 Å². The molecule has 84 valence electrons. The average Bonchev–Trinajstić information content (AvgIpc) is 2.79. The van der Waals surface area contributed by atoms with Crippen molar-refractivity contribution in [2.75, 3.05) is 11.9 Å². The van der Waals surface area contributed by atoms with E-state index in [9.17, 15) is 0 Å². The number of anilines is 1. The molecule has 2 rings (SSSR count). The molecule has 2 N–H and O–H groups in total. The normalized spacial score (nSPS) is 10.4. The molecule has 0 spiro atoms. The molecule has 4 nitrogen and oxygen atoms in total. The first-order valence-corrected chi connectivity index (χ1v) is 5.89. The lowest BCUT2D eigenvalue weighted by molar-refractivity contribution is 0.881. The maximum absolute atomic E-state index is 5.51. The minimum Gasteiger partial charge on any atom is -0.345 e. The van der Waals surface area contributed by atoms with E-state index >= 15 is 0 Å². The monoisotopic (exact) mass is 234 g/mol. The van der Waals surface area contributed by atoms with E-state index in [1.807, 2.05) is 25.2 Å². The fourth-order valence-electron chi connectivity index (χ4n) is 1.41. The largest absolute Gasteiger partial charge is 0.345 e. The summed E-state index contributed by atoms with van der Waals surface area (Å²) in [6.07, 6.45) is 0. The third kappa shape index (κ3) is 2.56. The van der Waals surface area contributed by atoms with Crippen molar-refractivity contribution in [2.45, 2.75) is 13.1 Å². The second kappa shape index (κ2) is 5.05. The van der Waals surface area contributed by atoms with Gasteiger partial charge in [0, 0.05) is 20.1 Å². The van der Waals surface area contributed by atoms with Crippen molar-refractivity contribution in [3.8, 4) is 0 Å². The van der Waals surface area contributed by atoms with Gasteiger partial charge in [-0.3, -0.25) is 0 Å². The molecular weight excluding hydrogens is 220 g/mol. The Labute approximate surface area is 98.7 Å². The van der Waals surface area contributed by atoms with Gasteiger partial charge in [0.1, 0.15) is 5.01 Å². The Bertz CT molecular complexity index is 440. The van der Waals surface area contributed by atoms with E-state index in [0.717, 1.165) is 16.7 Å². The Balaban J connectivity index is 2.05. The number of benzene rings is 1. The van der Waals surface area contributed by atoms with Crippen molar-refractivity contribution in [3.63, 3.8) is 0 Å². The summed E-state index contributed by atoms with van der Waals surface area (Å²) in [7, 11) is 2.01. The fourth-order valence-corrected chi connectivity index (χ4v) is 2.08. The molecule has 16 heavy (non-hydrogen) atoms. The van der Waals surface area contributed by atoms with E-state index in [1.54, 1.807) is 0 Å². The molecule has 0 bridgehead atoms. The first kappa shape index (κ1) is 11.0. The van der Waals surface area contributed by atoms with Crippen LogP contribution in [0.1, 0.15) is 10.6 Å². The summed E-state index contributed by atoms with van der Waals surface area (Å²) in [5.41, 5.74) is 6.76. The SMILES string of the molecule is CN(Cc1ccccc1)c1nnc(CN)s1. The Morgan fingerprint density at radius 2 is 2.00 bits per heavy atom. The van der Waals surface area contributed by atoms with Crippen molar-refractivity contribution in [3.05, 3.63) is 40.9 Å². The van der Waals surface area contributed by atoms with E-state index in [4.69, 9.17) is 5.73 Å². The summed E-state index contributed by atoms with van der Waals surface area (Å²) in [5.74, 6) is 0. The van der Waals surface area contributed by atoms with E-state index in [0.29, 0.717) is 6.54 Å². The summed E-state index contributed by atoms with van der Waals surface area (Å²) >= 11 is 1.54. The van der Waals surface area contributed by atoms with Crippen molar-refractivity contribution in [1.29, 1.82) is 0 Å². The Morgan fingerprint density at radius 1 is 1.25 bits per heavy atom. The highest BCUT2D eigenvalue weighted by Crippen LogP contribution is 2.20. The van der Waals surface area contributed by atoms with E-state index in [1.165, 1.54) is 16.9 Å².